The van der Waals surface area contributed by atoms with Gasteiger partial charge in [-0.15, -0.1) is 0 Å². The van der Waals surface area contributed by atoms with Crippen LogP contribution in [0.15, 0.2) is 16.1 Å². The summed E-state index contributed by atoms with van der Waals surface area (Å²) in [4.78, 5) is 41.3. The van der Waals surface area contributed by atoms with Gasteiger partial charge >= 0.3 is 6.03 Å². The highest BCUT2D eigenvalue weighted by molar-refractivity contribution is 6.03. The number of anilines is 1. The maximum Gasteiger partial charge on any atom is 0.368 e. The third kappa shape index (κ3) is 2.57. The molecular weight excluding hydrogens is 246 g/mol. The van der Waals surface area contributed by atoms with E-state index < -0.39 is 6.03 Å². The van der Waals surface area contributed by atoms with Crippen LogP contribution >= 0.6 is 0 Å². The van der Waals surface area contributed by atoms with Crippen molar-refractivity contribution in [3.63, 3.8) is 0 Å². The SMILES string of the molecule is CC(=O)CC(=O)Nc1cc(C)c2c(c1C)=NC(=O)N=2. The Morgan fingerprint density at radius 1 is 1.21 bits per heavy atom. The second kappa shape index (κ2) is 4.72. The van der Waals surface area contributed by atoms with Crippen molar-refractivity contribution in [3.8, 4) is 0 Å². The zero-order chi connectivity index (χ0) is 14.2. The molecule has 6 nitrogen and oxygen atoms in total. The lowest BCUT2D eigenvalue weighted by atomic mass is 10.1. The molecule has 1 aromatic carbocycles. The summed E-state index contributed by atoms with van der Waals surface area (Å²) < 4.78 is 0. The molecule has 98 valence electrons. The van der Waals surface area contributed by atoms with Crippen molar-refractivity contribution in [1.82, 2.24) is 0 Å². The average Bonchev–Trinajstić information content (AvgIpc) is 2.67. The van der Waals surface area contributed by atoms with Crippen LogP contribution in [-0.4, -0.2) is 17.7 Å². The molecule has 1 N–H and O–H groups in total. The normalized spacial score (nSPS) is 12.5. The Morgan fingerprint density at radius 2 is 1.84 bits per heavy atom. The van der Waals surface area contributed by atoms with E-state index in [2.05, 4.69) is 15.3 Å². The summed E-state index contributed by atoms with van der Waals surface area (Å²) in [5, 5.41) is 3.69. The molecular formula is C13H13N3O3. The van der Waals surface area contributed by atoms with Gasteiger partial charge in [-0.3, -0.25) is 9.59 Å². The highest BCUT2D eigenvalue weighted by Crippen LogP contribution is 2.12. The van der Waals surface area contributed by atoms with Gasteiger partial charge in [0.05, 0.1) is 17.1 Å². The summed E-state index contributed by atoms with van der Waals surface area (Å²) in [5.74, 6) is -0.584. The number of hydrogen-bond donors (Lipinski definition) is 1. The highest BCUT2D eigenvalue weighted by Gasteiger charge is 2.14. The molecule has 2 rings (SSSR count). The van der Waals surface area contributed by atoms with E-state index in [0.717, 1.165) is 5.56 Å². The van der Waals surface area contributed by atoms with Crippen LogP contribution < -0.4 is 16.0 Å². The topological polar surface area (TPSA) is 88.0 Å². The fourth-order valence-corrected chi connectivity index (χ4v) is 1.93. The fourth-order valence-electron chi connectivity index (χ4n) is 1.93. The number of urea groups is 1. The van der Waals surface area contributed by atoms with E-state index in [1.807, 2.05) is 0 Å². The van der Waals surface area contributed by atoms with Gasteiger partial charge in [0.2, 0.25) is 5.91 Å². The van der Waals surface area contributed by atoms with E-state index in [9.17, 15) is 14.4 Å². The Balaban J connectivity index is 2.44. The van der Waals surface area contributed by atoms with E-state index in [1.165, 1.54) is 6.92 Å². The molecule has 0 saturated heterocycles. The van der Waals surface area contributed by atoms with E-state index in [-0.39, 0.29) is 18.1 Å². The summed E-state index contributed by atoms with van der Waals surface area (Å²) in [6.45, 7) is 4.89. The molecule has 1 aromatic rings. The molecule has 19 heavy (non-hydrogen) atoms. The molecule has 1 aliphatic rings. The van der Waals surface area contributed by atoms with Gasteiger partial charge in [-0.2, -0.15) is 9.98 Å². The number of Topliss-reactive ketones (excluding diaryl/α,β-unsaturated/α-hetero) is 1. The highest BCUT2D eigenvalue weighted by atomic mass is 16.2. The maximum atomic E-state index is 11.6. The van der Waals surface area contributed by atoms with Crippen molar-refractivity contribution in [3.05, 3.63) is 27.9 Å². The summed E-state index contributed by atoms with van der Waals surface area (Å²) in [5.41, 5.74) is 1.98. The predicted octanol–water partition coefficient (Wildman–Crippen LogP) is 0.594. The van der Waals surface area contributed by atoms with Crippen molar-refractivity contribution >= 4 is 23.4 Å². The number of rotatable bonds is 3. The predicted molar refractivity (Wildman–Crippen MR) is 67.6 cm³/mol. The minimum atomic E-state index is -0.534. The molecule has 0 spiro atoms. The lowest BCUT2D eigenvalue weighted by Gasteiger charge is -2.08. The minimum Gasteiger partial charge on any atom is -0.325 e. The lowest BCUT2D eigenvalue weighted by molar-refractivity contribution is -0.124. The molecule has 0 bridgehead atoms. The first-order valence-electron chi connectivity index (χ1n) is 5.79. The summed E-state index contributed by atoms with van der Waals surface area (Å²) in [7, 11) is 0. The van der Waals surface area contributed by atoms with Crippen molar-refractivity contribution in [2.75, 3.05) is 5.32 Å². The second-order valence-electron chi connectivity index (χ2n) is 4.50. The van der Waals surface area contributed by atoms with Gasteiger partial charge in [0, 0.05) is 11.3 Å². The quantitative estimate of drug-likeness (QED) is 0.806. The number of nitrogens with zero attached hydrogens (tertiary/aromatic N) is 2. The number of aryl methyl sites for hydroxylation is 1. The third-order valence-corrected chi connectivity index (χ3v) is 2.82. The van der Waals surface area contributed by atoms with Crippen LogP contribution in [0.1, 0.15) is 24.5 Å². The third-order valence-electron chi connectivity index (χ3n) is 2.82. The largest absolute Gasteiger partial charge is 0.368 e. The first kappa shape index (κ1) is 13.1. The fraction of sp³-hybridized carbons (Fsp3) is 0.308. The van der Waals surface area contributed by atoms with Gasteiger partial charge in [0.15, 0.2) is 0 Å². The number of amides is 3. The Kier molecular flexibility index (Phi) is 3.25. The van der Waals surface area contributed by atoms with Gasteiger partial charge < -0.3 is 5.32 Å². The van der Waals surface area contributed by atoms with Crippen molar-refractivity contribution in [2.24, 2.45) is 9.98 Å². The Labute approximate surface area is 109 Å². The van der Waals surface area contributed by atoms with E-state index in [4.69, 9.17) is 0 Å². The van der Waals surface area contributed by atoms with Crippen molar-refractivity contribution in [2.45, 2.75) is 27.2 Å². The molecule has 0 aliphatic carbocycles. The van der Waals surface area contributed by atoms with Crippen LogP contribution in [0.25, 0.3) is 0 Å². The molecule has 1 aliphatic heterocycles. The summed E-state index contributed by atoms with van der Waals surface area (Å²) >= 11 is 0. The number of carbonyl (C=O) groups is 3. The number of fused-ring (bicyclic) bond motifs is 1. The van der Waals surface area contributed by atoms with Crippen molar-refractivity contribution in [1.29, 1.82) is 0 Å². The van der Waals surface area contributed by atoms with Gasteiger partial charge in [-0.1, -0.05) is 0 Å². The smallest absolute Gasteiger partial charge is 0.325 e. The molecule has 0 unspecified atom stereocenters. The number of benzene rings is 1. The molecule has 0 saturated carbocycles. The van der Waals surface area contributed by atoms with Gasteiger partial charge in [-0.05, 0) is 32.4 Å². The standard InChI is InChI=1S/C13H13N3O3/c1-6-4-9(14-10(18)5-7(2)17)8(3)12-11(6)15-13(19)16-12/h4H,5H2,1-3H3,(H,14,18). The molecule has 0 radical (unpaired) electrons. The first-order valence-corrected chi connectivity index (χ1v) is 5.79. The van der Waals surface area contributed by atoms with Crippen LogP contribution in [0.5, 0.6) is 0 Å². The van der Waals surface area contributed by atoms with Gasteiger partial charge in [0.25, 0.3) is 0 Å². The summed E-state index contributed by atoms with van der Waals surface area (Å²) in [6, 6.07) is 1.19. The molecule has 0 fully saturated rings. The van der Waals surface area contributed by atoms with Gasteiger partial charge in [-0.25, -0.2) is 4.79 Å². The molecule has 0 atom stereocenters. The van der Waals surface area contributed by atoms with Gasteiger partial charge in [0.1, 0.15) is 5.78 Å². The Hall–Kier alpha value is -2.37. The van der Waals surface area contributed by atoms with E-state index in [0.29, 0.717) is 22.0 Å². The van der Waals surface area contributed by atoms with E-state index >= 15 is 0 Å². The van der Waals surface area contributed by atoms with Crippen molar-refractivity contribution < 1.29 is 14.4 Å². The molecule has 6 heteroatoms. The van der Waals surface area contributed by atoms with Crippen LogP contribution in [0, 0.1) is 13.8 Å². The van der Waals surface area contributed by atoms with Crippen LogP contribution in [0.4, 0.5) is 10.5 Å². The molecule has 0 aromatic heterocycles. The van der Waals surface area contributed by atoms with Crippen LogP contribution in [-0.2, 0) is 9.59 Å². The zero-order valence-electron chi connectivity index (χ0n) is 10.9. The summed E-state index contributed by atoms with van der Waals surface area (Å²) in [6.07, 6.45) is -0.171. The minimum absolute atomic E-state index is 0.171. The Morgan fingerprint density at radius 3 is 2.47 bits per heavy atom. The zero-order valence-corrected chi connectivity index (χ0v) is 10.9. The number of nitrogens with one attached hydrogen (secondary N) is 1. The van der Waals surface area contributed by atoms with Crippen LogP contribution in [0.3, 0.4) is 0 Å². The molecule has 3 amide bonds. The monoisotopic (exact) mass is 259 g/mol. The van der Waals surface area contributed by atoms with Crippen LogP contribution in [0.2, 0.25) is 0 Å². The maximum absolute atomic E-state index is 11.6. The number of carbonyl (C=O) groups excluding carboxylic acids is 3. The second-order valence-corrected chi connectivity index (χ2v) is 4.50. The Bertz CT molecular complexity index is 720. The lowest BCUT2D eigenvalue weighted by Crippen LogP contribution is -2.29. The number of hydrogen-bond acceptors (Lipinski definition) is 3. The van der Waals surface area contributed by atoms with E-state index in [1.54, 1.807) is 19.9 Å². The molecule has 1 heterocycles. The average molecular weight is 259 g/mol. The number of ketones is 1. The first-order chi connectivity index (χ1) is 8.88.